The van der Waals surface area contributed by atoms with Crippen molar-refractivity contribution < 1.29 is 13.9 Å². The van der Waals surface area contributed by atoms with Crippen LogP contribution >= 0.6 is 0 Å². The van der Waals surface area contributed by atoms with Gasteiger partial charge in [-0.15, -0.1) is 0 Å². The Hall–Kier alpha value is -0.600. The average molecular weight is 186 g/mol. The molecule has 0 saturated heterocycles. The summed E-state index contributed by atoms with van der Waals surface area (Å²) in [5, 5.41) is 0. The Balaban J connectivity index is 2.02. The van der Waals surface area contributed by atoms with E-state index < -0.39 is 11.6 Å². The van der Waals surface area contributed by atoms with E-state index in [1.165, 1.54) is 0 Å². The van der Waals surface area contributed by atoms with Crippen LogP contribution in [0.2, 0.25) is 0 Å². The lowest BCUT2D eigenvalue weighted by atomic mass is 10.0. The fraction of sp³-hybridized carbons (Fsp3) is 0.900. The second-order valence-corrected chi connectivity index (χ2v) is 3.99. The molecular weight excluding hydrogens is 171 g/mol. The summed E-state index contributed by atoms with van der Waals surface area (Å²) in [7, 11) is 0. The molecule has 0 spiro atoms. The number of carbonyl (C=O) groups is 1. The second kappa shape index (κ2) is 2.96. The van der Waals surface area contributed by atoms with Gasteiger partial charge < -0.3 is 4.74 Å². The normalized spacial score (nSPS) is 42.3. The van der Waals surface area contributed by atoms with Crippen LogP contribution in [0.3, 0.4) is 0 Å². The Labute approximate surface area is 77.5 Å². The molecule has 2 fully saturated rings. The Morgan fingerprint density at radius 3 is 2.46 bits per heavy atom. The molecule has 1 unspecified atom stereocenters. The van der Waals surface area contributed by atoms with Crippen LogP contribution in [-0.4, -0.2) is 18.2 Å². The molecule has 0 aromatic heterocycles. The van der Waals surface area contributed by atoms with Crippen LogP contribution in [0.15, 0.2) is 0 Å². The van der Waals surface area contributed by atoms with Crippen LogP contribution in [0.4, 0.5) is 4.39 Å². The van der Waals surface area contributed by atoms with Crippen LogP contribution in [0.25, 0.3) is 0 Å². The number of halogens is 1. The standard InChI is InChI=1S/C10H15FO2/c1-2-13-9(12)10(11)7-5-3-4-6-8(7)10/h7-8H,2-6H2,1H3/t7-,8+,10?. The zero-order valence-electron chi connectivity index (χ0n) is 7.88. The van der Waals surface area contributed by atoms with E-state index in [2.05, 4.69) is 0 Å². The largest absolute Gasteiger partial charge is 0.464 e. The molecule has 0 aromatic carbocycles. The van der Waals surface area contributed by atoms with Crippen molar-refractivity contribution in [1.29, 1.82) is 0 Å². The van der Waals surface area contributed by atoms with Crippen molar-refractivity contribution in [3.05, 3.63) is 0 Å². The fourth-order valence-corrected chi connectivity index (χ4v) is 2.59. The van der Waals surface area contributed by atoms with Crippen molar-refractivity contribution >= 4 is 5.97 Å². The van der Waals surface area contributed by atoms with Crippen molar-refractivity contribution in [1.82, 2.24) is 0 Å². The number of rotatable bonds is 2. The van der Waals surface area contributed by atoms with Crippen LogP contribution in [0, 0.1) is 11.8 Å². The summed E-state index contributed by atoms with van der Waals surface area (Å²) in [4.78, 5) is 11.3. The number of esters is 1. The molecular formula is C10H15FO2. The van der Waals surface area contributed by atoms with Crippen LogP contribution in [0.1, 0.15) is 32.6 Å². The van der Waals surface area contributed by atoms with Gasteiger partial charge in [0.05, 0.1) is 6.61 Å². The minimum absolute atomic E-state index is 0.0275. The molecule has 0 heterocycles. The van der Waals surface area contributed by atoms with E-state index in [1.807, 2.05) is 0 Å². The van der Waals surface area contributed by atoms with E-state index in [4.69, 9.17) is 4.74 Å². The molecule has 0 radical (unpaired) electrons. The van der Waals surface area contributed by atoms with E-state index >= 15 is 0 Å². The molecule has 0 N–H and O–H groups in total. The molecule has 0 aromatic rings. The minimum atomic E-state index is -1.60. The average Bonchev–Trinajstić information content (AvgIpc) is 2.76. The van der Waals surface area contributed by atoms with Gasteiger partial charge in [-0.1, -0.05) is 12.8 Å². The molecule has 0 amide bonds. The summed E-state index contributed by atoms with van der Waals surface area (Å²) in [6, 6.07) is 0. The number of hydrogen-bond acceptors (Lipinski definition) is 2. The van der Waals surface area contributed by atoms with Crippen molar-refractivity contribution in [2.45, 2.75) is 38.3 Å². The second-order valence-electron chi connectivity index (χ2n) is 3.99. The van der Waals surface area contributed by atoms with Crippen molar-refractivity contribution in [3.63, 3.8) is 0 Å². The molecule has 3 heteroatoms. The lowest BCUT2D eigenvalue weighted by Gasteiger charge is -2.05. The highest BCUT2D eigenvalue weighted by atomic mass is 19.1. The Kier molecular flexibility index (Phi) is 2.05. The van der Waals surface area contributed by atoms with E-state index in [9.17, 15) is 9.18 Å². The number of alkyl halides is 1. The van der Waals surface area contributed by atoms with Gasteiger partial charge in [-0.3, -0.25) is 0 Å². The summed E-state index contributed by atoms with van der Waals surface area (Å²) in [5.41, 5.74) is -1.60. The molecule has 2 rings (SSSR count). The Bertz CT molecular complexity index is 215. The SMILES string of the molecule is CCOC(=O)C1(F)[C@@H]2CCCC[C@@H]21. The summed E-state index contributed by atoms with van der Waals surface area (Å²) in [6.45, 7) is 2.00. The maximum atomic E-state index is 14.0. The summed E-state index contributed by atoms with van der Waals surface area (Å²) < 4.78 is 18.7. The first kappa shape index (κ1) is 8.97. The maximum Gasteiger partial charge on any atom is 0.344 e. The number of hydrogen-bond donors (Lipinski definition) is 0. The van der Waals surface area contributed by atoms with Gasteiger partial charge in [0, 0.05) is 11.8 Å². The van der Waals surface area contributed by atoms with Crippen molar-refractivity contribution in [2.75, 3.05) is 6.61 Å². The van der Waals surface area contributed by atoms with Crippen molar-refractivity contribution in [3.8, 4) is 0 Å². The minimum Gasteiger partial charge on any atom is -0.464 e. The maximum absolute atomic E-state index is 14.0. The van der Waals surface area contributed by atoms with Gasteiger partial charge in [0.25, 0.3) is 0 Å². The predicted octanol–water partition coefficient (Wildman–Crippen LogP) is 2.08. The van der Waals surface area contributed by atoms with Gasteiger partial charge in [-0.2, -0.15) is 0 Å². The lowest BCUT2D eigenvalue weighted by molar-refractivity contribution is -0.152. The molecule has 3 atom stereocenters. The third kappa shape index (κ3) is 1.17. The molecule has 2 nitrogen and oxygen atoms in total. The van der Waals surface area contributed by atoms with Gasteiger partial charge in [0.1, 0.15) is 0 Å². The predicted molar refractivity (Wildman–Crippen MR) is 45.9 cm³/mol. The molecule has 13 heavy (non-hydrogen) atoms. The van der Waals surface area contributed by atoms with Crippen LogP contribution in [0.5, 0.6) is 0 Å². The van der Waals surface area contributed by atoms with Gasteiger partial charge in [-0.05, 0) is 19.8 Å². The molecule has 2 saturated carbocycles. The Morgan fingerprint density at radius 1 is 1.46 bits per heavy atom. The van der Waals surface area contributed by atoms with Crippen LogP contribution < -0.4 is 0 Å². The Morgan fingerprint density at radius 2 is 2.00 bits per heavy atom. The summed E-state index contributed by atoms with van der Waals surface area (Å²) in [6.07, 6.45) is 3.85. The van der Waals surface area contributed by atoms with Crippen LogP contribution in [-0.2, 0) is 9.53 Å². The first-order valence-electron chi connectivity index (χ1n) is 5.07. The van der Waals surface area contributed by atoms with Gasteiger partial charge >= 0.3 is 5.97 Å². The van der Waals surface area contributed by atoms with E-state index in [1.54, 1.807) is 6.92 Å². The molecule has 0 aliphatic heterocycles. The van der Waals surface area contributed by atoms with Gasteiger partial charge in [0.2, 0.25) is 5.67 Å². The van der Waals surface area contributed by atoms with Gasteiger partial charge in [-0.25, -0.2) is 9.18 Å². The highest BCUT2D eigenvalue weighted by molar-refractivity contribution is 5.84. The highest BCUT2D eigenvalue weighted by Gasteiger charge is 2.71. The number of carbonyl (C=O) groups excluding carboxylic acids is 1. The molecule has 74 valence electrons. The molecule has 2 aliphatic carbocycles. The van der Waals surface area contributed by atoms with Crippen molar-refractivity contribution in [2.24, 2.45) is 11.8 Å². The van der Waals surface area contributed by atoms with E-state index in [-0.39, 0.29) is 18.4 Å². The fourth-order valence-electron chi connectivity index (χ4n) is 2.59. The molecule has 0 bridgehead atoms. The summed E-state index contributed by atoms with van der Waals surface area (Å²) in [5.74, 6) is -0.674. The first-order chi connectivity index (χ1) is 6.21. The summed E-state index contributed by atoms with van der Waals surface area (Å²) >= 11 is 0. The van der Waals surface area contributed by atoms with E-state index in [0.717, 1.165) is 25.7 Å². The van der Waals surface area contributed by atoms with E-state index in [0.29, 0.717) is 0 Å². The zero-order chi connectivity index (χ0) is 9.47. The van der Waals surface area contributed by atoms with Gasteiger partial charge in [0.15, 0.2) is 0 Å². The third-order valence-corrected chi connectivity index (χ3v) is 3.32. The number of ether oxygens (including phenoxy) is 1. The number of fused-ring (bicyclic) bond motifs is 1. The third-order valence-electron chi connectivity index (χ3n) is 3.32. The molecule has 2 aliphatic rings. The quantitative estimate of drug-likeness (QED) is 0.617. The first-order valence-corrected chi connectivity index (χ1v) is 5.07. The zero-order valence-corrected chi connectivity index (χ0v) is 7.88. The smallest absolute Gasteiger partial charge is 0.344 e. The highest BCUT2D eigenvalue weighted by Crippen LogP contribution is 2.61. The topological polar surface area (TPSA) is 26.3 Å². The lowest BCUT2D eigenvalue weighted by Crippen LogP contribution is -2.24. The monoisotopic (exact) mass is 186 g/mol.